The summed E-state index contributed by atoms with van der Waals surface area (Å²) in [5.41, 5.74) is 1.87. The predicted molar refractivity (Wildman–Crippen MR) is 138 cm³/mol. The van der Waals surface area contributed by atoms with Gasteiger partial charge in [-0.25, -0.2) is 0 Å². The van der Waals surface area contributed by atoms with Crippen LogP contribution < -0.4 is 20.1 Å². The summed E-state index contributed by atoms with van der Waals surface area (Å²) in [6.07, 6.45) is 0.261. The van der Waals surface area contributed by atoms with Gasteiger partial charge in [-0.1, -0.05) is 64.9 Å². The van der Waals surface area contributed by atoms with Crippen molar-refractivity contribution in [2.45, 2.75) is 12.5 Å². The molecule has 0 saturated carbocycles. The maximum absolute atomic E-state index is 13.2. The first-order valence-electron chi connectivity index (χ1n) is 10.8. The molecule has 3 aromatic carbocycles. The number of aromatic nitrogens is 2. The van der Waals surface area contributed by atoms with E-state index in [1.165, 1.54) is 23.5 Å². The van der Waals surface area contributed by atoms with Crippen LogP contribution in [0.25, 0.3) is 10.6 Å². The largest absolute Gasteiger partial charge is 0.454 e. The average molecular weight is 541 g/mol. The molecule has 8 nitrogen and oxygen atoms in total. The quantitative estimate of drug-likeness (QED) is 0.333. The van der Waals surface area contributed by atoms with Crippen molar-refractivity contribution in [3.05, 3.63) is 87.9 Å². The SMILES string of the molecule is O=C(N[C@@H](Cc1ccccc1)C(=O)Nc1nnc(-c2ccc3c(c2)OCO3)s1)c1ccc(Cl)cc1Cl. The monoisotopic (exact) mass is 540 g/mol. The molecule has 0 bridgehead atoms. The molecular weight excluding hydrogens is 523 g/mol. The van der Waals surface area contributed by atoms with Gasteiger partial charge in [0.2, 0.25) is 17.8 Å². The Kier molecular flexibility index (Phi) is 7.04. The number of rotatable bonds is 7. The molecule has 1 aliphatic heterocycles. The van der Waals surface area contributed by atoms with E-state index in [2.05, 4.69) is 20.8 Å². The Morgan fingerprint density at radius 2 is 1.78 bits per heavy atom. The van der Waals surface area contributed by atoms with Gasteiger partial charge in [-0.05, 0) is 42.0 Å². The molecule has 36 heavy (non-hydrogen) atoms. The van der Waals surface area contributed by atoms with Crippen molar-refractivity contribution in [1.82, 2.24) is 15.5 Å². The average Bonchev–Trinajstić information content (AvgIpc) is 3.53. The van der Waals surface area contributed by atoms with Crippen LogP contribution in [0.15, 0.2) is 66.7 Å². The molecular formula is C25H18Cl2N4O4S. The second-order valence-electron chi connectivity index (χ2n) is 7.81. The third-order valence-electron chi connectivity index (χ3n) is 5.35. The number of ether oxygens (including phenoxy) is 2. The van der Waals surface area contributed by atoms with Crippen LogP contribution in [0.3, 0.4) is 0 Å². The van der Waals surface area contributed by atoms with E-state index in [9.17, 15) is 9.59 Å². The van der Waals surface area contributed by atoms with Crippen LogP contribution in [0.5, 0.6) is 11.5 Å². The van der Waals surface area contributed by atoms with E-state index in [-0.39, 0.29) is 23.8 Å². The van der Waals surface area contributed by atoms with Crippen LogP contribution in [0, 0.1) is 0 Å². The van der Waals surface area contributed by atoms with Gasteiger partial charge in [0.25, 0.3) is 5.91 Å². The number of hydrogen-bond donors (Lipinski definition) is 2. The number of nitrogens with one attached hydrogen (secondary N) is 2. The summed E-state index contributed by atoms with van der Waals surface area (Å²) >= 11 is 13.3. The van der Waals surface area contributed by atoms with E-state index in [0.29, 0.717) is 26.7 Å². The van der Waals surface area contributed by atoms with Gasteiger partial charge in [0.05, 0.1) is 10.6 Å². The number of anilines is 1. The maximum Gasteiger partial charge on any atom is 0.253 e. The Bertz CT molecular complexity index is 1430. The highest BCUT2D eigenvalue weighted by molar-refractivity contribution is 7.18. The topological polar surface area (TPSA) is 102 Å². The summed E-state index contributed by atoms with van der Waals surface area (Å²) in [4.78, 5) is 26.2. The summed E-state index contributed by atoms with van der Waals surface area (Å²) in [7, 11) is 0. The number of benzene rings is 3. The fourth-order valence-corrected chi connectivity index (χ4v) is 4.82. The first-order chi connectivity index (χ1) is 17.5. The highest BCUT2D eigenvalue weighted by atomic mass is 35.5. The normalized spacial score (nSPS) is 12.7. The summed E-state index contributed by atoms with van der Waals surface area (Å²) in [5, 5.41) is 15.3. The molecule has 0 saturated heterocycles. The Hall–Kier alpha value is -3.66. The molecule has 1 aliphatic rings. The van der Waals surface area contributed by atoms with Crippen LogP contribution in [0.4, 0.5) is 5.13 Å². The van der Waals surface area contributed by atoms with Crippen LogP contribution in [-0.2, 0) is 11.2 Å². The van der Waals surface area contributed by atoms with E-state index < -0.39 is 17.9 Å². The highest BCUT2D eigenvalue weighted by Gasteiger charge is 2.25. The van der Waals surface area contributed by atoms with Crippen LogP contribution in [0.1, 0.15) is 15.9 Å². The lowest BCUT2D eigenvalue weighted by atomic mass is 10.0. The number of carbonyl (C=O) groups is 2. The number of amides is 2. The molecule has 5 rings (SSSR count). The van der Waals surface area contributed by atoms with Crippen molar-refractivity contribution >= 4 is 51.5 Å². The van der Waals surface area contributed by atoms with Crippen molar-refractivity contribution in [2.24, 2.45) is 0 Å². The van der Waals surface area contributed by atoms with E-state index in [0.717, 1.165) is 11.1 Å². The number of halogens is 2. The zero-order chi connectivity index (χ0) is 25.1. The molecule has 2 N–H and O–H groups in total. The third-order valence-corrected chi connectivity index (χ3v) is 6.79. The third kappa shape index (κ3) is 5.43. The lowest BCUT2D eigenvalue weighted by molar-refractivity contribution is -0.118. The van der Waals surface area contributed by atoms with E-state index >= 15 is 0 Å². The minimum absolute atomic E-state index is 0.173. The maximum atomic E-state index is 13.2. The standard InChI is InChI=1S/C25H18Cl2N4O4S/c26-16-7-8-17(18(27)12-16)22(32)28-19(10-14-4-2-1-3-5-14)23(33)29-25-31-30-24(36-25)15-6-9-20-21(11-15)35-13-34-20/h1-9,11-12,19H,10,13H2,(H,28,32)(H,29,31,33)/t19-/m0/s1. The zero-order valence-corrected chi connectivity index (χ0v) is 20.9. The second-order valence-corrected chi connectivity index (χ2v) is 9.63. The summed E-state index contributed by atoms with van der Waals surface area (Å²) in [6.45, 7) is 0.173. The minimum Gasteiger partial charge on any atom is -0.454 e. The molecule has 0 aliphatic carbocycles. The van der Waals surface area contributed by atoms with Crippen molar-refractivity contribution in [1.29, 1.82) is 0 Å². The molecule has 2 heterocycles. The first-order valence-corrected chi connectivity index (χ1v) is 12.4. The fraction of sp³-hybridized carbons (Fsp3) is 0.120. The summed E-state index contributed by atoms with van der Waals surface area (Å²) in [5.74, 6) is 0.355. The minimum atomic E-state index is -0.899. The lowest BCUT2D eigenvalue weighted by Crippen LogP contribution is -2.45. The van der Waals surface area contributed by atoms with Gasteiger partial charge in [-0.2, -0.15) is 0 Å². The zero-order valence-electron chi connectivity index (χ0n) is 18.5. The molecule has 11 heteroatoms. The van der Waals surface area contributed by atoms with Gasteiger partial charge in [0, 0.05) is 17.0 Å². The van der Waals surface area contributed by atoms with Gasteiger partial charge >= 0.3 is 0 Å². The number of carbonyl (C=O) groups excluding carboxylic acids is 2. The number of nitrogens with zero attached hydrogens (tertiary/aromatic N) is 2. The van der Waals surface area contributed by atoms with Gasteiger partial charge < -0.3 is 14.8 Å². The molecule has 0 spiro atoms. The Morgan fingerprint density at radius 3 is 2.58 bits per heavy atom. The Morgan fingerprint density at radius 1 is 0.972 bits per heavy atom. The van der Waals surface area contributed by atoms with Crippen molar-refractivity contribution in [3.8, 4) is 22.1 Å². The number of fused-ring (bicyclic) bond motifs is 1. The number of hydrogen-bond acceptors (Lipinski definition) is 7. The smallest absolute Gasteiger partial charge is 0.253 e. The summed E-state index contributed by atoms with van der Waals surface area (Å²) < 4.78 is 10.8. The highest BCUT2D eigenvalue weighted by Crippen LogP contribution is 2.37. The predicted octanol–water partition coefficient (Wildman–Crippen LogP) is 5.22. The molecule has 4 aromatic rings. The van der Waals surface area contributed by atoms with Crippen LogP contribution >= 0.6 is 34.5 Å². The molecule has 1 atom stereocenters. The lowest BCUT2D eigenvalue weighted by Gasteiger charge is -2.18. The van der Waals surface area contributed by atoms with Gasteiger partial charge in [0.1, 0.15) is 11.0 Å². The van der Waals surface area contributed by atoms with E-state index in [4.69, 9.17) is 32.7 Å². The molecule has 2 amide bonds. The second kappa shape index (κ2) is 10.5. The molecule has 0 unspecified atom stereocenters. The van der Waals surface area contributed by atoms with Gasteiger partial charge in [0.15, 0.2) is 11.5 Å². The van der Waals surface area contributed by atoms with Crippen molar-refractivity contribution in [2.75, 3.05) is 12.1 Å². The Labute approximate surface area is 220 Å². The van der Waals surface area contributed by atoms with Gasteiger partial charge in [-0.15, -0.1) is 10.2 Å². The van der Waals surface area contributed by atoms with Crippen molar-refractivity contribution < 1.29 is 19.1 Å². The summed E-state index contributed by atoms with van der Waals surface area (Å²) in [6, 6.07) is 18.5. The fourth-order valence-electron chi connectivity index (χ4n) is 3.58. The molecule has 0 radical (unpaired) electrons. The van der Waals surface area contributed by atoms with Crippen LogP contribution in [0.2, 0.25) is 10.0 Å². The Balaban J connectivity index is 1.34. The van der Waals surface area contributed by atoms with E-state index in [1.54, 1.807) is 12.1 Å². The van der Waals surface area contributed by atoms with Crippen molar-refractivity contribution in [3.63, 3.8) is 0 Å². The van der Waals surface area contributed by atoms with E-state index in [1.807, 2.05) is 42.5 Å². The first kappa shape index (κ1) is 24.1. The molecule has 0 fully saturated rings. The van der Waals surface area contributed by atoms with Crippen LogP contribution in [-0.4, -0.2) is 34.8 Å². The molecule has 182 valence electrons. The molecule has 1 aromatic heterocycles. The van der Waals surface area contributed by atoms with Gasteiger partial charge in [-0.3, -0.25) is 14.9 Å².